The molecule has 0 aliphatic heterocycles. The number of hydrogen-bond donors (Lipinski definition) is 2. The first-order valence-corrected chi connectivity index (χ1v) is 5.84. The number of nitrogens with two attached hydrogens (primary N) is 2. The van der Waals surface area contributed by atoms with Gasteiger partial charge in [0.05, 0.1) is 7.11 Å². The number of aryl methyl sites for hydroxylation is 1. The van der Waals surface area contributed by atoms with E-state index in [0.29, 0.717) is 0 Å². The van der Waals surface area contributed by atoms with Crippen LogP contribution in [0.3, 0.4) is 0 Å². The molecule has 4 N–H and O–H groups in total. The zero-order valence-electron chi connectivity index (χ0n) is 10.9. The Kier molecular flexibility index (Phi) is 3.15. The molecule has 0 fully saturated rings. The lowest BCUT2D eigenvalue weighted by Gasteiger charge is -2.14. The number of benzene rings is 2. The average Bonchev–Trinajstić information content (AvgIpc) is 2.36. The van der Waals surface area contributed by atoms with E-state index in [2.05, 4.69) is 6.07 Å². The Hall–Kier alpha value is -2.16. The molecule has 0 amide bonds. The van der Waals surface area contributed by atoms with Crippen LogP contribution >= 0.6 is 0 Å². The third-order valence-electron chi connectivity index (χ3n) is 3.23. The topological polar surface area (TPSA) is 61.3 Å². The zero-order chi connectivity index (χ0) is 13.3. The molecule has 0 atom stereocenters. The van der Waals surface area contributed by atoms with Crippen LogP contribution in [0.2, 0.25) is 0 Å². The molecule has 0 aliphatic carbocycles. The van der Waals surface area contributed by atoms with Crippen molar-refractivity contribution >= 4 is 11.4 Å². The second kappa shape index (κ2) is 4.61. The van der Waals surface area contributed by atoms with Gasteiger partial charge in [-0.1, -0.05) is 6.07 Å². The van der Waals surface area contributed by atoms with E-state index in [1.54, 1.807) is 7.11 Å². The van der Waals surface area contributed by atoms with Crippen molar-refractivity contribution < 1.29 is 4.74 Å². The largest absolute Gasteiger partial charge is 0.496 e. The highest BCUT2D eigenvalue weighted by Crippen LogP contribution is 2.36. The number of nitrogen functional groups attached to an aromatic ring is 2. The van der Waals surface area contributed by atoms with Gasteiger partial charge in [-0.15, -0.1) is 0 Å². The first kappa shape index (κ1) is 12.3. The summed E-state index contributed by atoms with van der Waals surface area (Å²) in [6, 6.07) is 9.85. The zero-order valence-corrected chi connectivity index (χ0v) is 10.9. The minimum atomic E-state index is 0.739. The van der Waals surface area contributed by atoms with Gasteiger partial charge in [0, 0.05) is 22.5 Å². The van der Waals surface area contributed by atoms with E-state index in [0.717, 1.165) is 39.4 Å². The summed E-state index contributed by atoms with van der Waals surface area (Å²) in [5.74, 6) is 0.819. The summed E-state index contributed by atoms with van der Waals surface area (Å²) in [4.78, 5) is 0. The smallest absolute Gasteiger partial charge is 0.131 e. The Morgan fingerprint density at radius 1 is 0.944 bits per heavy atom. The quantitative estimate of drug-likeness (QED) is 0.795. The molecule has 0 unspecified atom stereocenters. The van der Waals surface area contributed by atoms with Gasteiger partial charge in [-0.2, -0.15) is 0 Å². The van der Waals surface area contributed by atoms with Gasteiger partial charge in [0.1, 0.15) is 5.75 Å². The lowest BCUT2D eigenvalue weighted by atomic mass is 9.98. The van der Waals surface area contributed by atoms with Crippen LogP contribution in [-0.4, -0.2) is 7.11 Å². The Bertz CT molecular complexity index is 591. The molecule has 0 bridgehead atoms. The summed E-state index contributed by atoms with van der Waals surface area (Å²) in [5.41, 5.74) is 17.4. The van der Waals surface area contributed by atoms with Gasteiger partial charge < -0.3 is 16.2 Å². The van der Waals surface area contributed by atoms with Crippen LogP contribution in [-0.2, 0) is 0 Å². The third kappa shape index (κ3) is 1.99. The standard InChI is InChI=1S/C15H18N2O/c1-9-8-11(4-6-13(9)16)12-5-7-14(17)10(2)15(12)18-3/h4-8H,16-17H2,1-3H3. The second-order valence-corrected chi connectivity index (χ2v) is 4.43. The van der Waals surface area contributed by atoms with E-state index in [1.165, 1.54) is 0 Å². The van der Waals surface area contributed by atoms with Crippen LogP contribution in [0, 0.1) is 13.8 Å². The Labute approximate surface area is 107 Å². The molecule has 3 heteroatoms. The fourth-order valence-corrected chi connectivity index (χ4v) is 2.04. The molecule has 2 aromatic rings. The molecule has 0 saturated carbocycles. The lowest BCUT2D eigenvalue weighted by molar-refractivity contribution is 0.413. The first-order chi connectivity index (χ1) is 8.54. The predicted molar refractivity (Wildman–Crippen MR) is 76.7 cm³/mol. The van der Waals surface area contributed by atoms with Gasteiger partial charge in [-0.25, -0.2) is 0 Å². The van der Waals surface area contributed by atoms with Crippen LogP contribution in [0.25, 0.3) is 11.1 Å². The van der Waals surface area contributed by atoms with Crippen molar-refractivity contribution in [3.05, 3.63) is 41.5 Å². The maximum Gasteiger partial charge on any atom is 0.131 e. The van der Waals surface area contributed by atoms with E-state index in [-0.39, 0.29) is 0 Å². The molecule has 18 heavy (non-hydrogen) atoms. The minimum absolute atomic E-state index is 0.739. The monoisotopic (exact) mass is 242 g/mol. The fraction of sp³-hybridized carbons (Fsp3) is 0.200. The lowest BCUT2D eigenvalue weighted by Crippen LogP contribution is -1.97. The number of ether oxygens (including phenoxy) is 1. The molecule has 0 spiro atoms. The normalized spacial score (nSPS) is 10.4. The van der Waals surface area contributed by atoms with E-state index in [9.17, 15) is 0 Å². The number of hydrogen-bond acceptors (Lipinski definition) is 3. The van der Waals surface area contributed by atoms with E-state index < -0.39 is 0 Å². The van der Waals surface area contributed by atoms with Crippen molar-refractivity contribution in [2.24, 2.45) is 0 Å². The van der Waals surface area contributed by atoms with Gasteiger partial charge in [0.15, 0.2) is 0 Å². The summed E-state index contributed by atoms with van der Waals surface area (Å²) >= 11 is 0. The van der Waals surface area contributed by atoms with Gasteiger partial charge in [-0.05, 0) is 49.2 Å². The van der Waals surface area contributed by atoms with Crippen molar-refractivity contribution in [1.29, 1.82) is 0 Å². The van der Waals surface area contributed by atoms with Crippen molar-refractivity contribution in [3.63, 3.8) is 0 Å². The Morgan fingerprint density at radius 2 is 1.61 bits per heavy atom. The van der Waals surface area contributed by atoms with Crippen molar-refractivity contribution in [1.82, 2.24) is 0 Å². The molecular formula is C15H18N2O. The molecule has 0 saturated heterocycles. The summed E-state index contributed by atoms with van der Waals surface area (Å²) < 4.78 is 5.47. The first-order valence-electron chi connectivity index (χ1n) is 5.84. The maximum absolute atomic E-state index is 5.90. The summed E-state index contributed by atoms with van der Waals surface area (Å²) in [7, 11) is 1.66. The number of anilines is 2. The van der Waals surface area contributed by atoms with E-state index in [4.69, 9.17) is 16.2 Å². The minimum Gasteiger partial charge on any atom is -0.496 e. The van der Waals surface area contributed by atoms with Crippen LogP contribution in [0.15, 0.2) is 30.3 Å². The highest BCUT2D eigenvalue weighted by atomic mass is 16.5. The Morgan fingerprint density at radius 3 is 2.22 bits per heavy atom. The molecular weight excluding hydrogens is 224 g/mol. The summed E-state index contributed by atoms with van der Waals surface area (Å²) in [6.07, 6.45) is 0. The highest BCUT2D eigenvalue weighted by molar-refractivity contribution is 5.77. The average molecular weight is 242 g/mol. The van der Waals surface area contributed by atoms with Gasteiger partial charge in [0.2, 0.25) is 0 Å². The van der Waals surface area contributed by atoms with Crippen LogP contribution in [0.4, 0.5) is 11.4 Å². The van der Waals surface area contributed by atoms with Gasteiger partial charge in [-0.3, -0.25) is 0 Å². The van der Waals surface area contributed by atoms with Crippen molar-refractivity contribution in [3.8, 4) is 16.9 Å². The SMILES string of the molecule is COc1c(-c2ccc(N)c(C)c2)ccc(N)c1C. The summed E-state index contributed by atoms with van der Waals surface area (Å²) in [6.45, 7) is 3.96. The Balaban J connectivity index is 2.63. The van der Waals surface area contributed by atoms with Gasteiger partial charge in [0.25, 0.3) is 0 Å². The fourth-order valence-electron chi connectivity index (χ4n) is 2.04. The molecule has 2 aromatic carbocycles. The van der Waals surface area contributed by atoms with Crippen molar-refractivity contribution in [2.75, 3.05) is 18.6 Å². The molecule has 2 rings (SSSR count). The van der Waals surface area contributed by atoms with Crippen molar-refractivity contribution in [2.45, 2.75) is 13.8 Å². The third-order valence-corrected chi connectivity index (χ3v) is 3.23. The van der Waals surface area contributed by atoms with Crippen LogP contribution in [0.5, 0.6) is 5.75 Å². The van der Waals surface area contributed by atoms with Gasteiger partial charge >= 0.3 is 0 Å². The van der Waals surface area contributed by atoms with Crippen LogP contribution in [0.1, 0.15) is 11.1 Å². The molecule has 0 aliphatic rings. The maximum atomic E-state index is 5.90. The van der Waals surface area contributed by atoms with Crippen LogP contribution < -0.4 is 16.2 Å². The number of rotatable bonds is 2. The molecule has 0 heterocycles. The van der Waals surface area contributed by atoms with E-state index >= 15 is 0 Å². The molecule has 0 radical (unpaired) electrons. The van der Waals surface area contributed by atoms with E-state index in [1.807, 2.05) is 38.1 Å². The molecule has 94 valence electrons. The second-order valence-electron chi connectivity index (χ2n) is 4.43. The predicted octanol–water partition coefficient (Wildman–Crippen LogP) is 3.14. The highest BCUT2D eigenvalue weighted by Gasteiger charge is 2.11. The summed E-state index contributed by atoms with van der Waals surface area (Å²) in [5, 5.41) is 0. The number of methoxy groups -OCH3 is 1. The molecule has 3 nitrogen and oxygen atoms in total. The molecule has 0 aromatic heterocycles.